The second kappa shape index (κ2) is 9.43. The highest BCUT2D eigenvalue weighted by Gasteiger charge is 2.18. The van der Waals surface area contributed by atoms with Crippen molar-refractivity contribution >= 4 is 11.9 Å². The van der Waals surface area contributed by atoms with Crippen molar-refractivity contribution in [1.82, 2.24) is 5.32 Å². The number of hydrogen-bond acceptors (Lipinski definition) is 4. The number of carbonyl (C=O) groups is 2. The summed E-state index contributed by atoms with van der Waals surface area (Å²) in [5, 5.41) is 2.76. The van der Waals surface area contributed by atoms with Crippen LogP contribution >= 0.6 is 0 Å². The number of esters is 1. The van der Waals surface area contributed by atoms with Crippen LogP contribution in [0.15, 0.2) is 12.2 Å². The van der Waals surface area contributed by atoms with E-state index in [0.717, 1.165) is 0 Å². The molecule has 0 rings (SSSR count). The highest BCUT2D eigenvalue weighted by atomic mass is 19.3. The molecule has 0 spiro atoms. The molecule has 110 valence electrons. The van der Waals surface area contributed by atoms with Crippen molar-refractivity contribution < 1.29 is 23.1 Å². The largest absolute Gasteiger partial charge is 0.466 e. The number of rotatable bonds is 9. The number of carbonyl (C=O) groups excluding carboxylic acids is 2. The third-order valence-electron chi connectivity index (χ3n) is 2.47. The Labute approximate surface area is 111 Å². The first-order chi connectivity index (χ1) is 8.90. The summed E-state index contributed by atoms with van der Waals surface area (Å²) in [6.07, 6.45) is -0.919. The van der Waals surface area contributed by atoms with E-state index >= 15 is 0 Å². The molecule has 0 heterocycles. The van der Waals surface area contributed by atoms with Gasteiger partial charge in [0.25, 0.3) is 6.08 Å². The van der Waals surface area contributed by atoms with Gasteiger partial charge in [-0.15, -0.1) is 0 Å². The molecule has 0 aromatic rings. The van der Waals surface area contributed by atoms with Crippen molar-refractivity contribution in [3.63, 3.8) is 0 Å². The van der Waals surface area contributed by atoms with E-state index in [2.05, 4.69) is 5.32 Å². The van der Waals surface area contributed by atoms with Crippen LogP contribution in [0.25, 0.3) is 0 Å². The third-order valence-corrected chi connectivity index (χ3v) is 2.47. The third kappa shape index (κ3) is 8.25. The van der Waals surface area contributed by atoms with Crippen LogP contribution in [0.3, 0.4) is 0 Å². The van der Waals surface area contributed by atoms with Crippen LogP contribution in [0.4, 0.5) is 8.78 Å². The van der Waals surface area contributed by atoms with Gasteiger partial charge in [-0.25, -0.2) is 0 Å². The number of hydrogen-bond donors (Lipinski definition) is 2. The van der Waals surface area contributed by atoms with Gasteiger partial charge in [-0.2, -0.15) is 8.78 Å². The van der Waals surface area contributed by atoms with E-state index in [-0.39, 0.29) is 19.6 Å². The smallest absolute Gasteiger partial charge is 0.306 e. The van der Waals surface area contributed by atoms with Gasteiger partial charge in [0.2, 0.25) is 5.91 Å². The molecule has 2 atom stereocenters. The Morgan fingerprint density at radius 3 is 2.42 bits per heavy atom. The summed E-state index contributed by atoms with van der Waals surface area (Å²) in [7, 11) is 0. The molecule has 0 aromatic heterocycles. The summed E-state index contributed by atoms with van der Waals surface area (Å²) in [4.78, 5) is 22.3. The minimum absolute atomic E-state index is 0.0532. The maximum Gasteiger partial charge on any atom is 0.306 e. The second-order valence-corrected chi connectivity index (χ2v) is 4.00. The van der Waals surface area contributed by atoms with Crippen molar-refractivity contribution in [3.8, 4) is 0 Å². The van der Waals surface area contributed by atoms with Crippen molar-refractivity contribution in [2.75, 3.05) is 13.2 Å². The lowest BCUT2D eigenvalue weighted by atomic mass is 10.0. The molecule has 0 bridgehead atoms. The zero-order chi connectivity index (χ0) is 14.8. The molecular weight excluding hydrogens is 258 g/mol. The van der Waals surface area contributed by atoms with Gasteiger partial charge < -0.3 is 15.8 Å². The fraction of sp³-hybridized carbons (Fsp3) is 0.667. The molecule has 1 amide bonds. The van der Waals surface area contributed by atoms with Crippen LogP contribution in [0.5, 0.6) is 0 Å². The van der Waals surface area contributed by atoms with E-state index in [1.807, 2.05) is 0 Å². The fourth-order valence-corrected chi connectivity index (χ4v) is 1.54. The molecule has 7 heteroatoms. The van der Waals surface area contributed by atoms with Crippen LogP contribution in [0, 0.1) is 5.92 Å². The summed E-state index contributed by atoms with van der Waals surface area (Å²) in [6, 6.07) is -0.597. The summed E-state index contributed by atoms with van der Waals surface area (Å²) >= 11 is 0. The number of primary amides is 1. The Kier molecular flexibility index (Phi) is 8.69. The van der Waals surface area contributed by atoms with Gasteiger partial charge in [-0.3, -0.25) is 9.59 Å². The number of nitrogens with one attached hydrogen (secondary N) is 1. The van der Waals surface area contributed by atoms with Gasteiger partial charge >= 0.3 is 5.97 Å². The zero-order valence-electron chi connectivity index (χ0n) is 11.1. The molecule has 0 saturated carbocycles. The van der Waals surface area contributed by atoms with Gasteiger partial charge in [0.15, 0.2) is 0 Å². The Morgan fingerprint density at radius 1 is 1.37 bits per heavy atom. The molecule has 0 aliphatic heterocycles. The van der Waals surface area contributed by atoms with Crippen LogP contribution in [-0.2, 0) is 14.3 Å². The summed E-state index contributed by atoms with van der Waals surface area (Å²) in [5.74, 6) is -1.85. The fourth-order valence-electron chi connectivity index (χ4n) is 1.54. The van der Waals surface area contributed by atoms with Crippen molar-refractivity contribution in [1.29, 1.82) is 0 Å². The van der Waals surface area contributed by atoms with Crippen molar-refractivity contribution in [2.45, 2.75) is 32.7 Å². The molecule has 5 nitrogen and oxygen atoms in total. The number of amides is 1. The Morgan fingerprint density at radius 2 is 2.00 bits per heavy atom. The average molecular weight is 278 g/mol. The Balaban J connectivity index is 4.47. The summed E-state index contributed by atoms with van der Waals surface area (Å²) in [5.41, 5.74) is 5.13. The maximum absolute atomic E-state index is 12.3. The van der Waals surface area contributed by atoms with Crippen molar-refractivity contribution in [3.05, 3.63) is 12.2 Å². The first-order valence-corrected chi connectivity index (χ1v) is 6.11. The SMILES string of the molecule is CCOC(=O)CC(C=C(F)F)CN[C@@H](CC)C(N)=O. The topological polar surface area (TPSA) is 81.4 Å². The first kappa shape index (κ1) is 17.5. The van der Waals surface area contributed by atoms with E-state index < -0.39 is 29.9 Å². The average Bonchev–Trinajstić information content (AvgIpc) is 2.28. The standard InChI is InChI=1S/C12H20F2N2O3/c1-3-9(12(15)18)16-7-8(5-10(13)14)6-11(17)19-4-2/h5,8-9,16H,3-4,6-7H2,1-2H3,(H2,15,18)/t8?,9-/m0/s1. The lowest BCUT2D eigenvalue weighted by molar-refractivity contribution is -0.143. The van der Waals surface area contributed by atoms with Crippen LogP contribution in [0.1, 0.15) is 26.7 Å². The number of nitrogens with two attached hydrogens (primary N) is 1. The zero-order valence-corrected chi connectivity index (χ0v) is 11.1. The minimum Gasteiger partial charge on any atom is -0.466 e. The molecule has 0 aliphatic carbocycles. The quantitative estimate of drug-likeness (QED) is 0.621. The van der Waals surface area contributed by atoms with Crippen molar-refractivity contribution in [2.24, 2.45) is 11.7 Å². The maximum atomic E-state index is 12.3. The summed E-state index contributed by atoms with van der Waals surface area (Å²) < 4.78 is 29.3. The monoisotopic (exact) mass is 278 g/mol. The lowest BCUT2D eigenvalue weighted by Gasteiger charge is -2.17. The Bertz CT molecular complexity index is 331. The number of halogens is 2. The molecule has 0 aliphatic rings. The molecule has 0 saturated heterocycles. The Hall–Kier alpha value is -1.50. The highest BCUT2D eigenvalue weighted by Crippen LogP contribution is 2.11. The first-order valence-electron chi connectivity index (χ1n) is 6.11. The second-order valence-electron chi connectivity index (χ2n) is 4.00. The molecule has 19 heavy (non-hydrogen) atoms. The van der Waals surface area contributed by atoms with Crippen LogP contribution in [-0.4, -0.2) is 31.1 Å². The highest BCUT2D eigenvalue weighted by molar-refractivity contribution is 5.79. The molecule has 0 radical (unpaired) electrons. The van der Waals surface area contributed by atoms with Gasteiger partial charge in [0, 0.05) is 12.5 Å². The predicted octanol–water partition coefficient (Wildman–Crippen LogP) is 1.19. The van der Waals surface area contributed by atoms with E-state index in [1.54, 1.807) is 13.8 Å². The molecule has 0 fully saturated rings. The van der Waals surface area contributed by atoms with Gasteiger partial charge in [0.1, 0.15) is 0 Å². The van der Waals surface area contributed by atoms with E-state index in [1.165, 1.54) is 0 Å². The van der Waals surface area contributed by atoms with E-state index in [0.29, 0.717) is 12.5 Å². The van der Waals surface area contributed by atoms with E-state index in [4.69, 9.17) is 10.5 Å². The predicted molar refractivity (Wildman–Crippen MR) is 66.3 cm³/mol. The molecule has 0 aromatic carbocycles. The van der Waals surface area contributed by atoms with Gasteiger partial charge in [-0.1, -0.05) is 6.92 Å². The van der Waals surface area contributed by atoms with E-state index in [9.17, 15) is 18.4 Å². The molecule has 3 N–H and O–H groups in total. The van der Waals surface area contributed by atoms with Gasteiger partial charge in [-0.05, 0) is 19.4 Å². The summed E-state index contributed by atoms with van der Waals surface area (Å²) in [6.45, 7) is 3.63. The minimum atomic E-state index is -1.87. The lowest BCUT2D eigenvalue weighted by Crippen LogP contribution is -2.42. The molecular formula is C12H20F2N2O3. The van der Waals surface area contributed by atoms with Crippen LogP contribution in [0.2, 0.25) is 0 Å². The normalized spacial score (nSPS) is 13.5. The number of ether oxygens (including phenoxy) is 1. The van der Waals surface area contributed by atoms with Crippen LogP contribution < -0.4 is 11.1 Å². The van der Waals surface area contributed by atoms with Gasteiger partial charge in [0.05, 0.1) is 19.1 Å². The molecule has 1 unspecified atom stereocenters.